The molecule has 2 rings (SSSR count). The molecule has 0 aliphatic carbocycles. The molecule has 94 valence electrons. The zero-order chi connectivity index (χ0) is 13.1. The van der Waals surface area contributed by atoms with E-state index in [-0.39, 0.29) is 5.78 Å². The van der Waals surface area contributed by atoms with Crippen molar-refractivity contribution < 1.29 is 4.79 Å². The molecule has 0 aliphatic rings. The second-order valence-electron chi connectivity index (χ2n) is 3.86. The number of aromatic nitrogens is 2. The third-order valence-electron chi connectivity index (χ3n) is 2.70. The molecule has 0 saturated heterocycles. The van der Waals surface area contributed by atoms with Crippen molar-refractivity contribution >= 4 is 33.3 Å². The molecule has 0 amide bonds. The number of hydrogen-bond acceptors (Lipinski definition) is 2. The molecule has 1 heterocycles. The summed E-state index contributed by atoms with van der Waals surface area (Å²) in [5.74, 6) is 0.821. The maximum atomic E-state index is 12.1. The minimum atomic E-state index is 0.0354. The summed E-state index contributed by atoms with van der Waals surface area (Å²) < 4.78 is 2.69. The average Bonchev–Trinajstić information content (AvgIpc) is 2.79. The lowest BCUT2D eigenvalue weighted by molar-refractivity contribution is 0.0989. The van der Waals surface area contributed by atoms with Crippen molar-refractivity contribution in [3.63, 3.8) is 0 Å². The van der Waals surface area contributed by atoms with Gasteiger partial charge in [0.05, 0.1) is 11.4 Å². The van der Waals surface area contributed by atoms with Crippen molar-refractivity contribution in [2.75, 3.05) is 0 Å². The molecule has 0 aliphatic heterocycles. The molecule has 5 heteroatoms. The molecule has 18 heavy (non-hydrogen) atoms. The molecular weight excluding hydrogens is 316 g/mol. The molecule has 0 bridgehead atoms. The quantitative estimate of drug-likeness (QED) is 0.802. The number of nitrogens with zero attached hydrogens (tertiary/aromatic N) is 2. The van der Waals surface area contributed by atoms with Gasteiger partial charge in [-0.15, -0.1) is 0 Å². The SMILES string of the molecule is CCn1ccnc1CC(=O)c1ccc(Cl)c(Br)c1. The van der Waals surface area contributed by atoms with Crippen molar-refractivity contribution in [3.8, 4) is 0 Å². The number of ketones is 1. The number of benzene rings is 1. The Hall–Kier alpha value is -1.13. The fraction of sp³-hybridized carbons (Fsp3) is 0.231. The van der Waals surface area contributed by atoms with Crippen molar-refractivity contribution in [1.29, 1.82) is 0 Å². The summed E-state index contributed by atoms with van der Waals surface area (Å²) in [5.41, 5.74) is 0.636. The van der Waals surface area contributed by atoms with Crippen LogP contribution in [0.15, 0.2) is 35.1 Å². The summed E-state index contributed by atoms with van der Waals surface area (Å²) in [7, 11) is 0. The number of carbonyl (C=O) groups excluding carboxylic acids is 1. The summed E-state index contributed by atoms with van der Waals surface area (Å²) in [5, 5.41) is 0.599. The van der Waals surface area contributed by atoms with E-state index in [1.54, 1.807) is 24.4 Å². The summed E-state index contributed by atoms with van der Waals surface area (Å²) >= 11 is 9.22. The van der Waals surface area contributed by atoms with Gasteiger partial charge in [-0.2, -0.15) is 0 Å². The van der Waals surface area contributed by atoms with E-state index in [2.05, 4.69) is 20.9 Å². The van der Waals surface area contributed by atoms with Crippen molar-refractivity contribution in [1.82, 2.24) is 9.55 Å². The first-order valence-corrected chi connectivity index (χ1v) is 6.77. The van der Waals surface area contributed by atoms with Crippen LogP contribution in [0.3, 0.4) is 0 Å². The monoisotopic (exact) mass is 326 g/mol. The van der Waals surface area contributed by atoms with Gasteiger partial charge in [0.25, 0.3) is 0 Å². The summed E-state index contributed by atoms with van der Waals surface area (Å²) in [6, 6.07) is 5.18. The first-order chi connectivity index (χ1) is 8.61. The highest BCUT2D eigenvalue weighted by Crippen LogP contribution is 2.23. The Bertz CT molecular complexity index is 580. The maximum Gasteiger partial charge on any atom is 0.170 e. The zero-order valence-corrected chi connectivity index (χ0v) is 12.2. The fourth-order valence-corrected chi connectivity index (χ4v) is 2.21. The second-order valence-corrected chi connectivity index (χ2v) is 5.12. The van der Waals surface area contributed by atoms with E-state index in [0.29, 0.717) is 17.0 Å². The molecule has 3 nitrogen and oxygen atoms in total. The van der Waals surface area contributed by atoms with Crippen molar-refractivity contribution in [2.45, 2.75) is 19.9 Å². The smallest absolute Gasteiger partial charge is 0.170 e. The number of carbonyl (C=O) groups is 1. The van der Waals surface area contributed by atoms with Crippen LogP contribution in [-0.2, 0) is 13.0 Å². The van der Waals surface area contributed by atoms with Crippen molar-refractivity contribution in [3.05, 3.63) is 51.5 Å². The highest BCUT2D eigenvalue weighted by atomic mass is 79.9. The number of aryl methyl sites for hydroxylation is 1. The lowest BCUT2D eigenvalue weighted by atomic mass is 10.1. The van der Waals surface area contributed by atoms with Gasteiger partial charge in [0.1, 0.15) is 5.82 Å². The topological polar surface area (TPSA) is 34.9 Å². The Kier molecular flexibility index (Phi) is 4.19. The first kappa shape index (κ1) is 13.3. The molecule has 0 fully saturated rings. The first-order valence-electron chi connectivity index (χ1n) is 5.60. The summed E-state index contributed by atoms with van der Waals surface area (Å²) in [6.07, 6.45) is 3.89. The Morgan fingerprint density at radius 3 is 2.94 bits per heavy atom. The molecule has 0 radical (unpaired) electrons. The van der Waals surface area contributed by atoms with Crippen LogP contribution in [0, 0.1) is 0 Å². The Morgan fingerprint density at radius 2 is 2.28 bits per heavy atom. The van der Waals surface area contributed by atoms with Crippen LogP contribution in [0.5, 0.6) is 0 Å². The normalized spacial score (nSPS) is 10.6. The number of halogens is 2. The minimum Gasteiger partial charge on any atom is -0.335 e. The molecular formula is C13H12BrClN2O. The molecule has 0 N–H and O–H groups in total. The van der Waals surface area contributed by atoms with E-state index in [9.17, 15) is 4.79 Å². The Labute approximate surface area is 119 Å². The van der Waals surface area contributed by atoms with E-state index >= 15 is 0 Å². The van der Waals surface area contributed by atoms with Crippen LogP contribution in [0.4, 0.5) is 0 Å². The van der Waals surface area contributed by atoms with Gasteiger partial charge in [-0.25, -0.2) is 4.98 Å². The summed E-state index contributed by atoms with van der Waals surface area (Å²) in [4.78, 5) is 16.3. The standard InChI is InChI=1S/C13H12BrClN2O/c1-2-17-6-5-16-13(17)8-12(18)9-3-4-11(15)10(14)7-9/h3-7H,2,8H2,1H3. The van der Waals surface area contributed by atoms with Crippen LogP contribution >= 0.6 is 27.5 Å². The van der Waals surface area contributed by atoms with Crippen LogP contribution < -0.4 is 0 Å². The lowest BCUT2D eigenvalue weighted by Crippen LogP contribution is -2.09. The highest BCUT2D eigenvalue weighted by Gasteiger charge is 2.12. The van der Waals surface area contributed by atoms with Gasteiger partial charge in [-0.1, -0.05) is 11.6 Å². The van der Waals surface area contributed by atoms with Gasteiger partial charge in [-0.3, -0.25) is 4.79 Å². The molecule has 0 atom stereocenters. The second kappa shape index (κ2) is 5.67. The number of Topliss-reactive ketones (excluding diaryl/α,β-unsaturated/α-hetero) is 1. The highest BCUT2D eigenvalue weighted by molar-refractivity contribution is 9.10. The van der Waals surface area contributed by atoms with Crippen LogP contribution in [-0.4, -0.2) is 15.3 Å². The Morgan fingerprint density at radius 1 is 1.50 bits per heavy atom. The predicted octanol–water partition coefficient (Wildman–Crippen LogP) is 3.74. The van der Waals surface area contributed by atoms with Crippen LogP contribution in [0.25, 0.3) is 0 Å². The van der Waals surface area contributed by atoms with E-state index in [1.165, 1.54) is 0 Å². The number of imidazole rings is 1. The number of hydrogen-bond donors (Lipinski definition) is 0. The predicted molar refractivity (Wildman–Crippen MR) is 75.1 cm³/mol. The van der Waals surface area contributed by atoms with Gasteiger partial charge in [-0.05, 0) is 41.1 Å². The van der Waals surface area contributed by atoms with Crippen LogP contribution in [0.2, 0.25) is 5.02 Å². The van der Waals surface area contributed by atoms with Gasteiger partial charge in [0.15, 0.2) is 5.78 Å². The van der Waals surface area contributed by atoms with E-state index < -0.39 is 0 Å². The maximum absolute atomic E-state index is 12.1. The van der Waals surface area contributed by atoms with E-state index in [4.69, 9.17) is 11.6 Å². The fourth-order valence-electron chi connectivity index (χ4n) is 1.71. The average molecular weight is 328 g/mol. The van der Waals surface area contributed by atoms with Gasteiger partial charge in [0.2, 0.25) is 0 Å². The lowest BCUT2D eigenvalue weighted by Gasteiger charge is -2.05. The summed E-state index contributed by atoms with van der Waals surface area (Å²) in [6.45, 7) is 2.83. The Balaban J connectivity index is 2.19. The molecule has 1 aromatic heterocycles. The van der Waals surface area contributed by atoms with Gasteiger partial charge >= 0.3 is 0 Å². The van der Waals surface area contributed by atoms with Crippen molar-refractivity contribution in [2.24, 2.45) is 0 Å². The molecule has 0 saturated carbocycles. The largest absolute Gasteiger partial charge is 0.335 e. The van der Waals surface area contributed by atoms with Crippen LogP contribution in [0.1, 0.15) is 23.1 Å². The third-order valence-corrected chi connectivity index (χ3v) is 3.92. The minimum absolute atomic E-state index is 0.0354. The number of rotatable bonds is 4. The molecule has 0 spiro atoms. The van der Waals surface area contributed by atoms with Gasteiger partial charge < -0.3 is 4.57 Å². The van der Waals surface area contributed by atoms with E-state index in [1.807, 2.05) is 17.7 Å². The zero-order valence-electron chi connectivity index (χ0n) is 9.86. The molecule has 0 unspecified atom stereocenters. The molecule has 2 aromatic rings. The van der Waals surface area contributed by atoms with Gasteiger partial charge in [0, 0.05) is 29.0 Å². The third kappa shape index (κ3) is 2.82. The van der Waals surface area contributed by atoms with E-state index in [0.717, 1.165) is 16.8 Å². The molecule has 1 aromatic carbocycles.